The van der Waals surface area contributed by atoms with Gasteiger partial charge in [-0.2, -0.15) is 0 Å². The van der Waals surface area contributed by atoms with Crippen LogP contribution in [0.15, 0.2) is 23.6 Å². The van der Waals surface area contributed by atoms with Gasteiger partial charge in [-0.25, -0.2) is 4.98 Å². The van der Waals surface area contributed by atoms with Gasteiger partial charge in [-0.05, 0) is 25.8 Å². The van der Waals surface area contributed by atoms with Crippen LogP contribution >= 0.6 is 11.8 Å². The van der Waals surface area contributed by atoms with Gasteiger partial charge in [0, 0.05) is 23.2 Å². The summed E-state index contributed by atoms with van der Waals surface area (Å²) < 4.78 is 0. The molecule has 2 unspecified atom stereocenters. The zero-order valence-corrected chi connectivity index (χ0v) is 10.9. The molecule has 2 N–H and O–H groups in total. The van der Waals surface area contributed by atoms with Crippen molar-refractivity contribution in [1.82, 2.24) is 15.3 Å². The third-order valence-electron chi connectivity index (χ3n) is 3.24. The Bertz CT molecular complexity index is 349. The fraction of sp³-hybridized carbons (Fsp3) is 0.667. The number of likely N-dealkylation sites (N-methyl/N-ethyl adjacent to an activating group) is 1. The molecule has 1 heterocycles. The summed E-state index contributed by atoms with van der Waals surface area (Å²) in [6, 6.07) is 0. The van der Waals surface area contributed by atoms with E-state index in [1.807, 2.05) is 0 Å². The molecule has 2 rings (SSSR count). The highest BCUT2D eigenvalue weighted by Crippen LogP contribution is 2.39. The summed E-state index contributed by atoms with van der Waals surface area (Å²) in [5, 5.41) is 14.5. The topological polar surface area (TPSA) is 58.0 Å². The number of hydrogen-bond donors (Lipinski definition) is 2. The first-order valence-electron chi connectivity index (χ1n) is 6.06. The molecule has 0 saturated heterocycles. The Kier molecular flexibility index (Phi) is 4.36. The molecule has 0 bridgehead atoms. The molecule has 1 aliphatic rings. The standard InChI is InChI=1S/C12H19N3OS/c1-2-15-12(9-16)4-3-10(7-12)17-11-8-13-5-6-14-11/h5-6,8,10,15-16H,2-4,7,9H2,1H3. The van der Waals surface area contributed by atoms with Crippen LogP contribution in [-0.2, 0) is 0 Å². The highest BCUT2D eigenvalue weighted by atomic mass is 32.2. The van der Waals surface area contributed by atoms with Crippen LogP contribution in [0.5, 0.6) is 0 Å². The Morgan fingerprint density at radius 3 is 3.12 bits per heavy atom. The number of thioether (sulfide) groups is 1. The normalized spacial score (nSPS) is 28.5. The van der Waals surface area contributed by atoms with Gasteiger partial charge in [-0.3, -0.25) is 4.98 Å². The van der Waals surface area contributed by atoms with Crippen LogP contribution in [0.25, 0.3) is 0 Å². The Morgan fingerprint density at radius 1 is 1.59 bits per heavy atom. The molecule has 1 aromatic rings. The molecule has 5 heteroatoms. The third-order valence-corrected chi connectivity index (χ3v) is 4.43. The number of aliphatic hydroxyl groups is 1. The van der Waals surface area contributed by atoms with E-state index >= 15 is 0 Å². The van der Waals surface area contributed by atoms with Crippen molar-refractivity contribution in [3.05, 3.63) is 18.6 Å². The summed E-state index contributed by atoms with van der Waals surface area (Å²) in [7, 11) is 0. The van der Waals surface area contributed by atoms with E-state index in [1.54, 1.807) is 30.4 Å². The molecule has 4 nitrogen and oxygen atoms in total. The predicted molar refractivity (Wildman–Crippen MR) is 69.0 cm³/mol. The predicted octanol–water partition coefficient (Wildman–Crippen LogP) is 1.46. The van der Waals surface area contributed by atoms with Crippen molar-refractivity contribution >= 4 is 11.8 Å². The lowest BCUT2D eigenvalue weighted by atomic mass is 9.99. The van der Waals surface area contributed by atoms with E-state index in [1.165, 1.54) is 0 Å². The second-order valence-electron chi connectivity index (χ2n) is 4.50. The Balaban J connectivity index is 1.93. The maximum absolute atomic E-state index is 9.53. The van der Waals surface area contributed by atoms with Crippen LogP contribution in [0.3, 0.4) is 0 Å². The summed E-state index contributed by atoms with van der Waals surface area (Å²) in [4.78, 5) is 8.35. The maximum Gasteiger partial charge on any atom is 0.115 e. The van der Waals surface area contributed by atoms with Crippen molar-refractivity contribution in [2.24, 2.45) is 0 Å². The van der Waals surface area contributed by atoms with Crippen molar-refractivity contribution in [3.63, 3.8) is 0 Å². The summed E-state index contributed by atoms with van der Waals surface area (Å²) >= 11 is 1.77. The zero-order valence-electron chi connectivity index (χ0n) is 10.1. The highest BCUT2D eigenvalue weighted by Gasteiger charge is 2.38. The molecule has 0 aliphatic heterocycles. The van der Waals surface area contributed by atoms with E-state index in [2.05, 4.69) is 22.2 Å². The summed E-state index contributed by atoms with van der Waals surface area (Å²) in [6.07, 6.45) is 8.37. The first-order valence-corrected chi connectivity index (χ1v) is 6.94. The number of nitrogens with one attached hydrogen (secondary N) is 1. The second-order valence-corrected chi connectivity index (χ2v) is 5.82. The smallest absolute Gasteiger partial charge is 0.115 e. The molecule has 1 saturated carbocycles. The van der Waals surface area contributed by atoms with Crippen LogP contribution in [0.2, 0.25) is 0 Å². The number of rotatable bonds is 5. The molecule has 2 atom stereocenters. The maximum atomic E-state index is 9.53. The Morgan fingerprint density at radius 2 is 2.47 bits per heavy atom. The van der Waals surface area contributed by atoms with Gasteiger partial charge in [-0.1, -0.05) is 6.92 Å². The van der Waals surface area contributed by atoms with Crippen LogP contribution in [0.4, 0.5) is 0 Å². The Hall–Kier alpha value is -0.650. The van der Waals surface area contributed by atoms with Gasteiger partial charge >= 0.3 is 0 Å². The van der Waals surface area contributed by atoms with E-state index in [0.29, 0.717) is 5.25 Å². The van der Waals surface area contributed by atoms with Crippen LogP contribution in [0.1, 0.15) is 26.2 Å². The molecule has 0 amide bonds. The lowest BCUT2D eigenvalue weighted by Gasteiger charge is -2.27. The van der Waals surface area contributed by atoms with Gasteiger partial charge in [0.1, 0.15) is 5.03 Å². The summed E-state index contributed by atoms with van der Waals surface area (Å²) in [5.41, 5.74) is -0.0748. The average Bonchev–Trinajstić information content (AvgIpc) is 2.75. The number of aliphatic hydroxyl groups excluding tert-OH is 1. The van der Waals surface area contributed by atoms with E-state index < -0.39 is 0 Å². The molecule has 0 aromatic carbocycles. The number of aromatic nitrogens is 2. The average molecular weight is 253 g/mol. The molecule has 94 valence electrons. The summed E-state index contributed by atoms with van der Waals surface area (Å²) in [5.74, 6) is 0. The first kappa shape index (κ1) is 12.8. The van der Waals surface area contributed by atoms with Gasteiger partial charge in [0.2, 0.25) is 0 Å². The lowest BCUT2D eigenvalue weighted by Crippen LogP contribution is -2.46. The van der Waals surface area contributed by atoms with Crippen molar-refractivity contribution in [3.8, 4) is 0 Å². The van der Waals surface area contributed by atoms with Gasteiger partial charge in [0.05, 0.1) is 12.8 Å². The SMILES string of the molecule is CCNC1(CO)CCC(Sc2cnccn2)C1. The fourth-order valence-corrected chi connectivity index (χ4v) is 3.65. The minimum Gasteiger partial charge on any atom is -0.394 e. The van der Waals surface area contributed by atoms with E-state index in [9.17, 15) is 5.11 Å². The zero-order chi connectivity index (χ0) is 12.1. The lowest BCUT2D eigenvalue weighted by molar-refractivity contribution is 0.167. The first-order chi connectivity index (χ1) is 8.28. The molecule has 1 fully saturated rings. The monoisotopic (exact) mass is 253 g/mol. The van der Waals surface area contributed by atoms with Crippen LogP contribution < -0.4 is 5.32 Å². The van der Waals surface area contributed by atoms with Gasteiger partial charge in [-0.15, -0.1) is 11.8 Å². The highest BCUT2D eigenvalue weighted by molar-refractivity contribution is 7.99. The molecule has 17 heavy (non-hydrogen) atoms. The molecular weight excluding hydrogens is 234 g/mol. The number of nitrogens with zero attached hydrogens (tertiary/aromatic N) is 2. The summed E-state index contributed by atoms with van der Waals surface area (Å²) in [6.45, 7) is 3.21. The Labute approximate surface area is 106 Å². The fourth-order valence-electron chi connectivity index (χ4n) is 2.43. The van der Waals surface area contributed by atoms with Gasteiger partial charge in [0.15, 0.2) is 0 Å². The van der Waals surface area contributed by atoms with E-state index in [-0.39, 0.29) is 12.1 Å². The minimum atomic E-state index is -0.0748. The third kappa shape index (κ3) is 3.18. The van der Waals surface area contributed by atoms with Gasteiger partial charge in [0.25, 0.3) is 0 Å². The van der Waals surface area contributed by atoms with Crippen LogP contribution in [-0.4, -0.2) is 39.0 Å². The van der Waals surface area contributed by atoms with Gasteiger partial charge < -0.3 is 10.4 Å². The van der Waals surface area contributed by atoms with E-state index in [4.69, 9.17) is 0 Å². The van der Waals surface area contributed by atoms with E-state index in [0.717, 1.165) is 30.8 Å². The molecule has 1 aromatic heterocycles. The van der Waals surface area contributed by atoms with Crippen molar-refractivity contribution in [2.45, 2.75) is 42.0 Å². The van der Waals surface area contributed by atoms with Crippen molar-refractivity contribution < 1.29 is 5.11 Å². The molecular formula is C12H19N3OS. The molecule has 0 radical (unpaired) electrons. The quantitative estimate of drug-likeness (QED) is 0.832. The second kappa shape index (κ2) is 5.80. The number of hydrogen-bond acceptors (Lipinski definition) is 5. The molecule has 1 aliphatic carbocycles. The minimum absolute atomic E-state index is 0.0748. The largest absolute Gasteiger partial charge is 0.394 e. The van der Waals surface area contributed by atoms with Crippen molar-refractivity contribution in [2.75, 3.05) is 13.2 Å². The van der Waals surface area contributed by atoms with Crippen molar-refractivity contribution in [1.29, 1.82) is 0 Å². The molecule has 0 spiro atoms. The van der Waals surface area contributed by atoms with Crippen LogP contribution in [0, 0.1) is 0 Å².